The Labute approximate surface area is 138 Å². The third kappa shape index (κ3) is 10.4. The summed E-state index contributed by atoms with van der Waals surface area (Å²) < 4.78 is 45.7. The predicted octanol–water partition coefficient (Wildman–Crippen LogP) is 2.96. The van der Waals surface area contributed by atoms with E-state index in [2.05, 4.69) is 9.05 Å². The Bertz CT molecular complexity index is 418. The lowest BCUT2D eigenvalue weighted by molar-refractivity contribution is -0.118. The maximum Gasteiger partial charge on any atom is 0.337 e. The molecule has 138 valence electrons. The molecule has 0 aromatic heterocycles. The monoisotopic (exact) mass is 374 g/mol. The van der Waals surface area contributed by atoms with Gasteiger partial charge >= 0.3 is 15.2 Å². The van der Waals surface area contributed by atoms with Crippen molar-refractivity contribution < 1.29 is 36.8 Å². The van der Waals surface area contributed by atoms with E-state index >= 15 is 0 Å². The van der Waals surface area contributed by atoms with E-state index in [1.165, 1.54) is 35.1 Å². The Morgan fingerprint density at radius 2 is 1.48 bits per heavy atom. The first-order valence-corrected chi connectivity index (χ1v) is 10.9. The first kappa shape index (κ1) is 22.9. The maximum atomic E-state index is 11.7. The predicted molar refractivity (Wildman–Crippen MR) is 87.2 cm³/mol. The first-order chi connectivity index (χ1) is 10.7. The number of ketones is 1. The smallest absolute Gasteiger partial charge is 0.337 e. The molecule has 0 spiro atoms. The van der Waals surface area contributed by atoms with Crippen molar-refractivity contribution in [2.45, 2.75) is 19.3 Å². The minimum absolute atomic E-state index is 0.0565. The quantitative estimate of drug-likeness (QED) is 0.598. The Hall–Kier alpha value is -0.0700. The van der Waals surface area contributed by atoms with Crippen molar-refractivity contribution in [2.75, 3.05) is 54.5 Å². The summed E-state index contributed by atoms with van der Waals surface area (Å²) >= 11 is 0. The van der Waals surface area contributed by atoms with E-state index in [0.717, 1.165) is 12.8 Å². The fraction of sp³-hybridized carbons (Fsp3) is 0.923. The van der Waals surface area contributed by atoms with Crippen LogP contribution in [0.1, 0.15) is 19.3 Å². The largest absolute Gasteiger partial charge is 0.381 e. The van der Waals surface area contributed by atoms with Crippen LogP contribution in [-0.2, 0) is 36.8 Å². The van der Waals surface area contributed by atoms with Gasteiger partial charge in [-0.05, 0) is 18.8 Å². The average molecular weight is 374 g/mol. The van der Waals surface area contributed by atoms with Crippen molar-refractivity contribution in [3.8, 4) is 0 Å². The van der Waals surface area contributed by atoms with Gasteiger partial charge in [0.05, 0.1) is 0 Å². The summed E-state index contributed by atoms with van der Waals surface area (Å²) in [6, 6.07) is 0. The molecule has 0 N–H and O–H groups in total. The summed E-state index contributed by atoms with van der Waals surface area (Å²) in [4.78, 5) is 11.7. The van der Waals surface area contributed by atoms with E-state index in [1.807, 2.05) is 0 Å². The summed E-state index contributed by atoms with van der Waals surface area (Å²) in [6.45, 7) is 2.83. The first-order valence-electron chi connectivity index (χ1n) is 7.21. The number of carbonyl (C=O) groups excluding carboxylic acids is 1. The van der Waals surface area contributed by atoms with Crippen LogP contribution in [0.25, 0.3) is 0 Å². The van der Waals surface area contributed by atoms with Gasteiger partial charge in [-0.15, -0.1) is 0 Å². The van der Waals surface area contributed by atoms with Crippen molar-refractivity contribution in [1.29, 1.82) is 0 Å². The van der Waals surface area contributed by atoms with E-state index in [1.54, 1.807) is 0 Å². The fourth-order valence-corrected chi connectivity index (χ4v) is 2.95. The van der Waals surface area contributed by atoms with Gasteiger partial charge in [0, 0.05) is 54.7 Å². The van der Waals surface area contributed by atoms with Crippen molar-refractivity contribution in [2.24, 2.45) is 5.92 Å². The molecule has 10 heteroatoms. The molecular formula is C13H28O8P2. The molecule has 0 aromatic rings. The molecule has 1 saturated heterocycles. The van der Waals surface area contributed by atoms with Gasteiger partial charge < -0.3 is 22.8 Å². The highest BCUT2D eigenvalue weighted by molar-refractivity contribution is 7.54. The molecular weight excluding hydrogens is 346 g/mol. The maximum absolute atomic E-state index is 11.7. The van der Waals surface area contributed by atoms with Crippen molar-refractivity contribution in [3.05, 3.63) is 0 Å². The average Bonchev–Trinajstić information content (AvgIpc) is 2.56. The number of Topliss-reactive ketones (excluding diaryl/α,β-unsaturated/α-hetero) is 1. The van der Waals surface area contributed by atoms with Crippen molar-refractivity contribution in [3.63, 3.8) is 0 Å². The van der Waals surface area contributed by atoms with Crippen LogP contribution < -0.4 is 0 Å². The van der Waals surface area contributed by atoms with Crippen LogP contribution in [0, 0.1) is 5.92 Å². The molecule has 0 bridgehead atoms. The minimum Gasteiger partial charge on any atom is -0.381 e. The second kappa shape index (κ2) is 11.5. The topological polar surface area (TPSA) is 97.4 Å². The van der Waals surface area contributed by atoms with Crippen LogP contribution in [-0.4, -0.2) is 60.3 Å². The van der Waals surface area contributed by atoms with Gasteiger partial charge in [0.1, 0.15) is 11.9 Å². The Morgan fingerprint density at radius 3 is 1.83 bits per heavy atom. The molecule has 23 heavy (non-hydrogen) atoms. The molecule has 1 fully saturated rings. The number of ether oxygens (including phenoxy) is 1. The molecule has 0 aromatic carbocycles. The number of hydrogen-bond donors (Lipinski definition) is 0. The van der Waals surface area contributed by atoms with E-state index in [-0.39, 0.29) is 11.9 Å². The second-order valence-electron chi connectivity index (χ2n) is 5.07. The molecule has 1 heterocycles. The third-order valence-electron chi connectivity index (χ3n) is 3.45. The number of hydrogen-bond acceptors (Lipinski definition) is 8. The van der Waals surface area contributed by atoms with Crippen LogP contribution in [0.5, 0.6) is 0 Å². The highest BCUT2D eigenvalue weighted by atomic mass is 31.2. The molecule has 1 aliphatic heterocycles. The molecule has 1 aliphatic rings. The van der Waals surface area contributed by atoms with Crippen LogP contribution in [0.15, 0.2) is 0 Å². The molecule has 0 unspecified atom stereocenters. The van der Waals surface area contributed by atoms with E-state index in [0.29, 0.717) is 25.6 Å². The highest BCUT2D eigenvalue weighted by Crippen LogP contribution is 2.46. The number of rotatable bonds is 8. The van der Waals surface area contributed by atoms with Gasteiger partial charge in [-0.2, -0.15) is 0 Å². The Morgan fingerprint density at radius 1 is 1.00 bits per heavy atom. The van der Waals surface area contributed by atoms with Gasteiger partial charge in [0.15, 0.2) is 0 Å². The van der Waals surface area contributed by atoms with Crippen LogP contribution in [0.3, 0.4) is 0 Å². The van der Waals surface area contributed by atoms with Gasteiger partial charge in [0.2, 0.25) is 0 Å². The second-order valence-corrected chi connectivity index (χ2v) is 9.61. The molecule has 0 atom stereocenters. The molecule has 0 amide bonds. The van der Waals surface area contributed by atoms with Crippen LogP contribution >= 0.6 is 15.2 Å². The molecule has 0 radical (unpaired) electrons. The lowest BCUT2D eigenvalue weighted by Gasteiger charge is -2.21. The highest BCUT2D eigenvalue weighted by Gasteiger charge is 2.27. The Balaban J connectivity index is 0.000000585. The minimum atomic E-state index is -3.19. The summed E-state index contributed by atoms with van der Waals surface area (Å²) in [5, 5.41) is 0. The van der Waals surface area contributed by atoms with Gasteiger partial charge in [-0.25, -0.2) is 0 Å². The summed E-state index contributed by atoms with van der Waals surface area (Å²) in [6.07, 6.45) is 2.11. The zero-order valence-electron chi connectivity index (χ0n) is 14.5. The normalized spacial score (nSPS) is 16.6. The lowest BCUT2D eigenvalue weighted by Crippen LogP contribution is -2.20. The van der Waals surface area contributed by atoms with Crippen LogP contribution in [0.2, 0.25) is 0 Å². The van der Waals surface area contributed by atoms with Crippen molar-refractivity contribution >= 4 is 21.0 Å². The van der Waals surface area contributed by atoms with E-state index in [4.69, 9.17) is 13.8 Å². The van der Waals surface area contributed by atoms with Crippen LogP contribution in [0.4, 0.5) is 0 Å². The third-order valence-corrected chi connectivity index (χ3v) is 6.63. The van der Waals surface area contributed by atoms with E-state index in [9.17, 15) is 13.9 Å². The summed E-state index contributed by atoms with van der Waals surface area (Å²) in [7, 11) is -0.542. The molecule has 0 aliphatic carbocycles. The molecule has 1 rings (SSSR count). The standard InChI is InChI=1S/C10H19O5P.C3H9O3P/c1-13-16(12,14-2)8-10(11)7-9-3-5-15-6-4-9;1-5-7(3,4)6-2/h9H,3-8H2,1-2H3;1-3H3. The summed E-state index contributed by atoms with van der Waals surface area (Å²) in [5.41, 5.74) is 0. The molecule has 8 nitrogen and oxygen atoms in total. The van der Waals surface area contributed by atoms with E-state index < -0.39 is 15.2 Å². The SMILES string of the molecule is COP(=O)(CC(=O)CC1CCOCC1)OC.COP(C)(=O)OC. The van der Waals surface area contributed by atoms with Gasteiger partial charge in [-0.1, -0.05) is 0 Å². The lowest BCUT2D eigenvalue weighted by atomic mass is 9.95. The fourth-order valence-electron chi connectivity index (χ4n) is 1.83. The molecule has 0 saturated carbocycles. The summed E-state index contributed by atoms with van der Waals surface area (Å²) in [5.74, 6) is 0.294. The number of carbonyl (C=O) groups is 1. The van der Waals surface area contributed by atoms with Crippen molar-refractivity contribution in [1.82, 2.24) is 0 Å². The zero-order chi connectivity index (χ0) is 17.9. The van der Waals surface area contributed by atoms with Gasteiger partial charge in [0.25, 0.3) is 0 Å². The Kier molecular flexibility index (Phi) is 11.4. The zero-order valence-corrected chi connectivity index (χ0v) is 16.3. The van der Waals surface area contributed by atoms with Gasteiger partial charge in [-0.3, -0.25) is 13.9 Å².